The maximum absolute atomic E-state index is 15.0. The molecule has 420 valence electrons. The largest absolute Gasteiger partial charge is 1.00 e. The van der Waals surface area contributed by atoms with E-state index in [1.807, 2.05) is 12.1 Å². The number of phosphoric ester groups is 1. The van der Waals surface area contributed by atoms with Crippen LogP contribution in [-0.4, -0.2) is 94.5 Å². The van der Waals surface area contributed by atoms with E-state index in [1.54, 1.807) is 53.4 Å². The summed E-state index contributed by atoms with van der Waals surface area (Å²) in [6.07, 6.45) is 20.8. The van der Waals surface area contributed by atoms with Crippen molar-refractivity contribution in [2.45, 2.75) is 160 Å². The molecule has 17 heteroatoms. The van der Waals surface area contributed by atoms with Crippen molar-refractivity contribution in [3.8, 4) is 5.75 Å². The number of benzene rings is 2. The molecule has 4 unspecified atom stereocenters. The van der Waals surface area contributed by atoms with Crippen molar-refractivity contribution in [1.29, 1.82) is 0 Å². The number of ether oxygens (including phenoxy) is 4. The number of unbranched alkanes of at least 4 members (excludes halogenated alkanes) is 4. The molecule has 5 N–H and O–H groups in total. The van der Waals surface area contributed by atoms with Crippen LogP contribution in [0.1, 0.15) is 139 Å². The molecular formula is C60H80ClN2O13P. The minimum absolute atomic E-state index is 0. The molecular weight excluding hydrogens is 1020 g/mol. The average Bonchev–Trinajstić information content (AvgIpc) is 3.68. The smallest absolute Gasteiger partial charge is 0.524 e. The minimum Gasteiger partial charge on any atom is -1.00 e. The Labute approximate surface area is 460 Å². The maximum Gasteiger partial charge on any atom is 0.524 e. The molecule has 0 spiro atoms. The Morgan fingerprint density at radius 3 is 2.42 bits per heavy atom. The van der Waals surface area contributed by atoms with Crippen LogP contribution < -0.4 is 26.8 Å². The van der Waals surface area contributed by atoms with Crippen molar-refractivity contribution in [2.24, 2.45) is 34.5 Å². The second-order valence-corrected chi connectivity index (χ2v) is 24.1. The van der Waals surface area contributed by atoms with Crippen LogP contribution >= 0.6 is 7.82 Å². The lowest BCUT2D eigenvalue weighted by Gasteiger charge is -2.59. The van der Waals surface area contributed by atoms with Crippen LogP contribution in [0.15, 0.2) is 96.9 Å². The minimum atomic E-state index is -4.91. The number of carbonyl (C=O) groups excluding carboxylic acids is 3. The molecule has 3 aromatic rings. The first-order valence-electron chi connectivity index (χ1n) is 28.1. The van der Waals surface area contributed by atoms with E-state index in [1.165, 1.54) is 11.6 Å². The predicted octanol–water partition coefficient (Wildman–Crippen LogP) is 5.32. The van der Waals surface area contributed by atoms with Crippen molar-refractivity contribution >= 4 is 25.4 Å². The number of rotatable bonds is 25. The van der Waals surface area contributed by atoms with Crippen LogP contribution in [0, 0.1) is 34.5 Å². The Morgan fingerprint density at radius 1 is 0.922 bits per heavy atom. The maximum atomic E-state index is 15.0. The van der Waals surface area contributed by atoms with Crippen LogP contribution in [0.4, 0.5) is 0 Å². The van der Waals surface area contributed by atoms with Gasteiger partial charge in [0.1, 0.15) is 5.75 Å². The summed E-state index contributed by atoms with van der Waals surface area (Å²) < 4.78 is 44.3. The number of halogens is 1. The highest BCUT2D eigenvalue weighted by atomic mass is 35.5. The first-order chi connectivity index (χ1) is 36.6. The van der Waals surface area contributed by atoms with E-state index in [0.717, 1.165) is 115 Å². The normalized spacial score (nSPS) is 29.1. The van der Waals surface area contributed by atoms with Gasteiger partial charge in [0.15, 0.2) is 43.2 Å². The standard InChI is InChI=1S/C60H79N2O13P.ClH/c1-58-27-24-47(63)35-46(58)21-22-48-49-36-54-60(59(49,2)37-50(64)56(48)58,74-57(73-54)43-18-9-6-10-19-43)53(66)40-72-55(67)33-42-25-29-62(30-26-42)39-45-34-44(20-23-52(45)75-76(68,69)70)51(65)38-61-28-12-3-4-13-31-71-32-14-11-17-41-15-7-5-8-16-41;/h5,7-8,15-16,20,23-27,29-30,34-35,43,48-51,54,56-57,61,64-65H,3-4,6,9-14,17-19,21-22,28,31-33,36-40H2,1-2H3,(H-,68,69,70);1H/t48?,49?,50-,51?,54+,56?,57+,58-,59-,60+;/m0./s1. The molecule has 77 heavy (non-hydrogen) atoms. The average molecular weight is 1100 g/mol. The van der Waals surface area contributed by atoms with Gasteiger partial charge in [-0.15, -0.1) is 0 Å². The zero-order valence-corrected chi connectivity index (χ0v) is 46.4. The summed E-state index contributed by atoms with van der Waals surface area (Å²) in [5, 5.41) is 26.6. The zero-order valence-electron chi connectivity index (χ0n) is 44.8. The predicted molar refractivity (Wildman–Crippen MR) is 283 cm³/mol. The number of nitrogens with zero attached hydrogens (tertiary/aromatic N) is 1. The summed E-state index contributed by atoms with van der Waals surface area (Å²) in [5.41, 5.74) is 1.35. The third-order valence-electron chi connectivity index (χ3n) is 18.0. The lowest BCUT2D eigenvalue weighted by molar-refractivity contribution is -0.688. The van der Waals surface area contributed by atoms with E-state index in [-0.39, 0.29) is 66.4 Å². The Hall–Kier alpha value is -4.12. The first kappa shape index (κ1) is 59.0. The number of fused-ring (bicyclic) bond motifs is 7. The van der Waals surface area contributed by atoms with Gasteiger partial charge in [-0.2, -0.15) is 0 Å². The molecule has 0 radical (unpaired) electrons. The highest BCUT2D eigenvalue weighted by molar-refractivity contribution is 7.46. The number of ketones is 2. The topological polar surface area (TPSA) is 211 Å². The molecule has 15 nitrogen and oxygen atoms in total. The van der Waals surface area contributed by atoms with Gasteiger partial charge in [0.05, 0.1) is 30.3 Å². The van der Waals surface area contributed by atoms with Gasteiger partial charge in [0.2, 0.25) is 5.78 Å². The quantitative estimate of drug-likeness (QED) is 0.0315. The number of Topliss-reactive ketones (excluding diaryl/α,β-unsaturated/α-hetero) is 1. The Balaban J connectivity index is 0.00000784. The number of pyridine rings is 1. The number of esters is 1. The number of allylic oxidation sites excluding steroid dienone is 4. The summed E-state index contributed by atoms with van der Waals surface area (Å²) in [5.74, 6) is -0.916. The Morgan fingerprint density at radius 2 is 1.66 bits per heavy atom. The molecule has 10 atom stereocenters. The summed E-state index contributed by atoms with van der Waals surface area (Å²) >= 11 is 0. The molecule has 2 aromatic carbocycles. The van der Waals surface area contributed by atoms with Crippen molar-refractivity contribution in [3.63, 3.8) is 0 Å². The Bertz CT molecular complexity index is 2610. The molecule has 5 aliphatic carbocycles. The molecule has 4 saturated carbocycles. The van der Waals surface area contributed by atoms with E-state index in [4.69, 9.17) is 23.5 Å². The fraction of sp³-hybridized carbons (Fsp3) is 0.600. The number of aromatic nitrogens is 1. The number of aryl methyl sites for hydroxylation is 1. The van der Waals surface area contributed by atoms with Crippen LogP contribution in [0.25, 0.3) is 0 Å². The molecule has 0 amide bonds. The molecule has 9 rings (SSSR count). The highest BCUT2D eigenvalue weighted by Gasteiger charge is 2.76. The van der Waals surface area contributed by atoms with Gasteiger partial charge in [-0.3, -0.25) is 24.2 Å². The summed E-state index contributed by atoms with van der Waals surface area (Å²) in [6.45, 7) is 6.40. The van der Waals surface area contributed by atoms with Crippen LogP contribution in [0.5, 0.6) is 5.75 Å². The number of phosphoric acid groups is 1. The fourth-order valence-corrected chi connectivity index (χ4v) is 14.6. The molecule has 2 heterocycles. The number of hydrogen-bond acceptors (Lipinski definition) is 12. The third kappa shape index (κ3) is 13.6. The molecule has 1 saturated heterocycles. The molecule has 1 aliphatic heterocycles. The van der Waals surface area contributed by atoms with Crippen molar-refractivity contribution < 1.29 is 79.4 Å². The number of carbonyl (C=O) groups is 3. The van der Waals surface area contributed by atoms with Gasteiger partial charge in [-0.05, 0) is 130 Å². The van der Waals surface area contributed by atoms with Gasteiger partial charge < -0.3 is 51.4 Å². The van der Waals surface area contributed by atoms with Crippen molar-refractivity contribution in [3.05, 3.63) is 119 Å². The van der Waals surface area contributed by atoms with E-state index in [2.05, 4.69) is 43.4 Å². The van der Waals surface area contributed by atoms with Gasteiger partial charge in [0, 0.05) is 54.6 Å². The Kier molecular flexibility index (Phi) is 19.9. The van der Waals surface area contributed by atoms with E-state index in [0.29, 0.717) is 36.1 Å². The molecule has 1 aromatic heterocycles. The summed E-state index contributed by atoms with van der Waals surface area (Å²) in [4.78, 5) is 60.4. The van der Waals surface area contributed by atoms with Crippen LogP contribution in [0.3, 0.4) is 0 Å². The van der Waals surface area contributed by atoms with Gasteiger partial charge in [0.25, 0.3) is 0 Å². The number of aliphatic hydroxyl groups excluding tert-OH is 2. The number of aliphatic hydroxyl groups is 2. The monoisotopic (exact) mass is 1100 g/mol. The third-order valence-corrected chi connectivity index (χ3v) is 18.4. The van der Waals surface area contributed by atoms with Crippen LogP contribution in [-0.2, 0) is 57.3 Å². The molecule has 0 bridgehead atoms. The van der Waals surface area contributed by atoms with Crippen molar-refractivity contribution in [1.82, 2.24) is 5.32 Å². The number of nitrogens with one attached hydrogen (secondary N) is 1. The second kappa shape index (κ2) is 26.0. The summed E-state index contributed by atoms with van der Waals surface area (Å²) in [7, 11) is -4.91. The van der Waals surface area contributed by atoms with Crippen LogP contribution in [0.2, 0.25) is 0 Å². The van der Waals surface area contributed by atoms with Crippen molar-refractivity contribution in [2.75, 3.05) is 32.9 Å². The molecule has 5 fully saturated rings. The lowest BCUT2D eigenvalue weighted by atomic mass is 9.46. The SMILES string of the molecule is C[C@]12C=CC(=O)C=C1CCC1C2[C@@H](O)C[C@@]2(C)C1C[C@H]1O[C@@H](C3CCCCC3)O[C@]12C(=O)COC(=O)Cc1cc[n+](Cc2cc(C(O)CNCCCCCCOCCCCc3ccccc3)ccc2OP(=O)(O)O)cc1.[Cl-]. The highest BCUT2D eigenvalue weighted by Crippen LogP contribution is 2.70. The van der Waals surface area contributed by atoms with Gasteiger partial charge in [-0.1, -0.05) is 94.0 Å². The fourth-order valence-electron chi connectivity index (χ4n) is 14.2. The zero-order chi connectivity index (χ0) is 53.5. The van der Waals surface area contributed by atoms with E-state index in [9.17, 15) is 38.9 Å². The number of hydrogen-bond donors (Lipinski definition) is 5. The van der Waals surface area contributed by atoms with Gasteiger partial charge >= 0.3 is 13.8 Å². The van der Waals surface area contributed by atoms with E-state index >= 15 is 0 Å². The first-order valence-corrected chi connectivity index (χ1v) is 29.6. The van der Waals surface area contributed by atoms with E-state index < -0.39 is 61.4 Å². The lowest BCUT2D eigenvalue weighted by Crippen LogP contribution is -3.00. The summed E-state index contributed by atoms with van der Waals surface area (Å²) in [6, 6.07) is 18.7. The van der Waals surface area contributed by atoms with Gasteiger partial charge in [-0.25, -0.2) is 9.13 Å². The molecule has 6 aliphatic rings. The second-order valence-electron chi connectivity index (χ2n) is 23.0.